The summed E-state index contributed by atoms with van der Waals surface area (Å²) >= 11 is 7.40. The summed E-state index contributed by atoms with van der Waals surface area (Å²) in [6, 6.07) is 15.8. The molecule has 0 aliphatic rings. The van der Waals surface area contributed by atoms with E-state index in [0.29, 0.717) is 10.2 Å². The van der Waals surface area contributed by atoms with Gasteiger partial charge in [-0.05, 0) is 36.4 Å². The Morgan fingerprint density at radius 2 is 2.00 bits per heavy atom. The molecule has 1 aromatic heterocycles. The summed E-state index contributed by atoms with van der Waals surface area (Å²) in [7, 11) is 0. The number of halogens is 1. The maximum atomic E-state index is 5.92. The van der Waals surface area contributed by atoms with Gasteiger partial charge < -0.3 is 4.74 Å². The summed E-state index contributed by atoms with van der Waals surface area (Å²) in [5.41, 5.74) is 0.900. The van der Waals surface area contributed by atoms with E-state index in [1.807, 2.05) is 30.3 Å². The highest BCUT2D eigenvalue weighted by molar-refractivity contribution is 7.20. The van der Waals surface area contributed by atoms with Gasteiger partial charge in [-0.2, -0.15) is 0 Å². The van der Waals surface area contributed by atoms with E-state index in [1.54, 1.807) is 12.1 Å². The molecule has 2 aromatic carbocycles. The van der Waals surface area contributed by atoms with Crippen molar-refractivity contribution in [3.63, 3.8) is 0 Å². The van der Waals surface area contributed by atoms with E-state index >= 15 is 0 Å². The van der Waals surface area contributed by atoms with Crippen molar-refractivity contribution in [1.82, 2.24) is 4.98 Å². The quantitative estimate of drug-likeness (QED) is 0.675. The fraction of sp³-hybridized carbons (Fsp3) is 0. The SMILES string of the molecule is Clc1ccc2nc(Oc3cc[c]cc3)sc2c1. The highest BCUT2D eigenvalue weighted by Gasteiger charge is 2.05. The van der Waals surface area contributed by atoms with Crippen LogP contribution >= 0.6 is 22.9 Å². The van der Waals surface area contributed by atoms with Crippen LogP contribution in [0.3, 0.4) is 0 Å². The first-order valence-electron chi connectivity index (χ1n) is 5.01. The normalized spacial score (nSPS) is 10.6. The molecule has 0 fully saturated rings. The zero-order valence-corrected chi connectivity index (χ0v) is 10.3. The van der Waals surface area contributed by atoms with Crippen LogP contribution in [0.15, 0.2) is 42.5 Å². The average molecular weight is 261 g/mol. The van der Waals surface area contributed by atoms with E-state index in [0.717, 1.165) is 16.0 Å². The second-order valence-corrected chi connectivity index (χ2v) is 4.86. The number of rotatable bonds is 2. The third-order valence-electron chi connectivity index (χ3n) is 2.22. The first kappa shape index (κ1) is 10.6. The van der Waals surface area contributed by atoms with Crippen LogP contribution in [0.4, 0.5) is 0 Å². The molecule has 1 radical (unpaired) electrons. The molecule has 0 atom stereocenters. The standard InChI is InChI=1S/C13H7ClNOS/c14-9-6-7-11-12(8-9)17-13(15-11)16-10-4-2-1-3-5-10/h2-8H. The van der Waals surface area contributed by atoms with Crippen molar-refractivity contribution >= 4 is 33.2 Å². The molecular weight excluding hydrogens is 254 g/mol. The Bertz CT molecular complexity index is 651. The molecule has 0 unspecified atom stereocenters. The number of hydrogen-bond donors (Lipinski definition) is 0. The van der Waals surface area contributed by atoms with Gasteiger partial charge in [-0.25, -0.2) is 4.98 Å². The minimum absolute atomic E-state index is 0.619. The fourth-order valence-electron chi connectivity index (χ4n) is 1.46. The van der Waals surface area contributed by atoms with Crippen molar-refractivity contribution in [1.29, 1.82) is 0 Å². The van der Waals surface area contributed by atoms with E-state index in [-0.39, 0.29) is 0 Å². The van der Waals surface area contributed by atoms with Crippen LogP contribution in [0, 0.1) is 6.07 Å². The van der Waals surface area contributed by atoms with E-state index in [4.69, 9.17) is 16.3 Å². The number of nitrogens with zero attached hydrogens (tertiary/aromatic N) is 1. The minimum Gasteiger partial charge on any atom is -0.431 e. The van der Waals surface area contributed by atoms with Crippen molar-refractivity contribution in [3.05, 3.63) is 53.6 Å². The second-order valence-electron chi connectivity index (χ2n) is 3.43. The Labute approximate surface area is 107 Å². The van der Waals surface area contributed by atoms with E-state index < -0.39 is 0 Å². The van der Waals surface area contributed by atoms with Gasteiger partial charge in [0.2, 0.25) is 0 Å². The Balaban J connectivity index is 1.96. The van der Waals surface area contributed by atoms with Gasteiger partial charge in [0.25, 0.3) is 5.19 Å². The van der Waals surface area contributed by atoms with Crippen LogP contribution in [0.1, 0.15) is 0 Å². The molecule has 0 spiro atoms. The largest absolute Gasteiger partial charge is 0.431 e. The lowest BCUT2D eigenvalue weighted by molar-refractivity contribution is 0.480. The van der Waals surface area contributed by atoms with Gasteiger partial charge >= 0.3 is 0 Å². The molecule has 0 amide bonds. The lowest BCUT2D eigenvalue weighted by atomic mass is 10.3. The smallest absolute Gasteiger partial charge is 0.279 e. The molecule has 1 heterocycles. The van der Waals surface area contributed by atoms with Crippen LogP contribution in [-0.4, -0.2) is 4.98 Å². The van der Waals surface area contributed by atoms with E-state index in [1.165, 1.54) is 11.3 Å². The monoisotopic (exact) mass is 260 g/mol. The Kier molecular flexibility index (Phi) is 2.71. The van der Waals surface area contributed by atoms with Crippen molar-refractivity contribution in [2.75, 3.05) is 0 Å². The maximum absolute atomic E-state index is 5.92. The zero-order chi connectivity index (χ0) is 11.7. The number of ether oxygens (including phenoxy) is 1. The summed E-state index contributed by atoms with van der Waals surface area (Å²) in [6.45, 7) is 0. The Morgan fingerprint density at radius 1 is 1.18 bits per heavy atom. The molecule has 4 heteroatoms. The third kappa shape index (κ3) is 2.25. The van der Waals surface area contributed by atoms with Crippen LogP contribution in [0.5, 0.6) is 10.9 Å². The van der Waals surface area contributed by atoms with Crippen molar-refractivity contribution in [2.45, 2.75) is 0 Å². The van der Waals surface area contributed by atoms with Crippen LogP contribution in [0.2, 0.25) is 5.02 Å². The van der Waals surface area contributed by atoms with E-state index in [9.17, 15) is 0 Å². The minimum atomic E-state index is 0.619. The predicted octanol–water partition coefficient (Wildman–Crippen LogP) is 4.54. The zero-order valence-electron chi connectivity index (χ0n) is 8.68. The van der Waals surface area contributed by atoms with Crippen LogP contribution in [-0.2, 0) is 0 Å². The molecular formula is C13H7ClNOS. The second kappa shape index (κ2) is 4.35. The predicted molar refractivity (Wildman–Crippen MR) is 70.0 cm³/mol. The molecule has 0 N–H and O–H groups in total. The first-order chi connectivity index (χ1) is 8.31. The van der Waals surface area contributed by atoms with Gasteiger partial charge in [-0.3, -0.25) is 0 Å². The summed E-state index contributed by atoms with van der Waals surface area (Å²) in [5, 5.41) is 1.33. The molecule has 0 saturated heterocycles. The summed E-state index contributed by atoms with van der Waals surface area (Å²) in [4.78, 5) is 4.38. The third-order valence-corrected chi connectivity index (χ3v) is 3.35. The van der Waals surface area contributed by atoms with Gasteiger partial charge in [0.05, 0.1) is 10.2 Å². The molecule has 0 bridgehead atoms. The van der Waals surface area contributed by atoms with E-state index in [2.05, 4.69) is 11.1 Å². The summed E-state index contributed by atoms with van der Waals surface area (Å²) in [5.74, 6) is 0.758. The molecule has 3 rings (SSSR count). The molecule has 17 heavy (non-hydrogen) atoms. The molecule has 3 aromatic rings. The van der Waals surface area contributed by atoms with Crippen LogP contribution in [0.25, 0.3) is 10.2 Å². The Hall–Kier alpha value is -1.58. The van der Waals surface area contributed by atoms with Gasteiger partial charge in [-0.15, -0.1) is 0 Å². The Morgan fingerprint density at radius 3 is 2.82 bits per heavy atom. The highest BCUT2D eigenvalue weighted by atomic mass is 35.5. The first-order valence-corrected chi connectivity index (χ1v) is 6.21. The number of benzene rings is 2. The van der Waals surface area contributed by atoms with Gasteiger partial charge in [-0.1, -0.05) is 35.1 Å². The van der Waals surface area contributed by atoms with Crippen molar-refractivity contribution < 1.29 is 4.74 Å². The van der Waals surface area contributed by atoms with Gasteiger partial charge in [0.15, 0.2) is 0 Å². The number of thiazole rings is 1. The van der Waals surface area contributed by atoms with Crippen molar-refractivity contribution in [3.8, 4) is 10.9 Å². The number of aromatic nitrogens is 1. The van der Waals surface area contributed by atoms with Gasteiger partial charge in [0.1, 0.15) is 5.75 Å². The molecule has 0 aliphatic carbocycles. The average Bonchev–Trinajstić information content (AvgIpc) is 2.71. The van der Waals surface area contributed by atoms with Gasteiger partial charge in [0, 0.05) is 5.02 Å². The van der Waals surface area contributed by atoms with Crippen molar-refractivity contribution in [2.24, 2.45) is 0 Å². The number of fused-ring (bicyclic) bond motifs is 1. The summed E-state index contributed by atoms with van der Waals surface area (Å²) < 4.78 is 6.67. The lowest BCUT2D eigenvalue weighted by Crippen LogP contribution is -1.81. The molecule has 0 saturated carbocycles. The topological polar surface area (TPSA) is 22.1 Å². The molecule has 0 aliphatic heterocycles. The summed E-state index contributed by atoms with van der Waals surface area (Å²) in [6.07, 6.45) is 0. The van der Waals surface area contributed by atoms with Crippen LogP contribution < -0.4 is 4.74 Å². The number of hydrogen-bond acceptors (Lipinski definition) is 3. The lowest BCUT2D eigenvalue weighted by Gasteiger charge is -1.98. The molecule has 2 nitrogen and oxygen atoms in total. The molecule has 83 valence electrons. The highest BCUT2D eigenvalue weighted by Crippen LogP contribution is 2.32. The maximum Gasteiger partial charge on any atom is 0.279 e. The fourth-order valence-corrected chi connectivity index (χ4v) is 2.57.